The molecule has 2 heterocycles. The first-order valence-corrected chi connectivity index (χ1v) is 7.93. The molecule has 1 fully saturated rings. The number of rotatable bonds is 2. The van der Waals surface area contributed by atoms with Gasteiger partial charge in [0, 0.05) is 18.7 Å². The lowest BCUT2D eigenvalue weighted by molar-refractivity contribution is -0.133. The maximum absolute atomic E-state index is 12.5. The van der Waals surface area contributed by atoms with Crippen molar-refractivity contribution >= 4 is 16.8 Å². The molecular formula is C18H22N2O2. The van der Waals surface area contributed by atoms with Gasteiger partial charge < -0.3 is 4.90 Å². The molecule has 0 unspecified atom stereocenters. The van der Waals surface area contributed by atoms with Crippen LogP contribution in [0.15, 0.2) is 35.1 Å². The van der Waals surface area contributed by atoms with Crippen molar-refractivity contribution in [2.75, 3.05) is 13.1 Å². The van der Waals surface area contributed by atoms with Crippen LogP contribution >= 0.6 is 0 Å². The van der Waals surface area contributed by atoms with E-state index in [1.54, 1.807) is 11.5 Å². The third kappa shape index (κ3) is 2.78. The molecule has 0 aliphatic carbocycles. The summed E-state index contributed by atoms with van der Waals surface area (Å²) in [7, 11) is 0. The number of carbonyl (C=O) groups excluding carboxylic acids is 1. The van der Waals surface area contributed by atoms with Gasteiger partial charge in [-0.05, 0) is 43.2 Å². The zero-order chi connectivity index (χ0) is 15.7. The second-order valence-corrected chi connectivity index (χ2v) is 6.34. The average Bonchev–Trinajstić information content (AvgIpc) is 2.52. The molecule has 0 saturated carbocycles. The summed E-state index contributed by atoms with van der Waals surface area (Å²) >= 11 is 0. The Morgan fingerprint density at radius 3 is 2.64 bits per heavy atom. The van der Waals surface area contributed by atoms with Crippen LogP contribution in [-0.4, -0.2) is 28.5 Å². The fourth-order valence-corrected chi connectivity index (χ4v) is 3.12. The normalized spacial score (nSPS) is 16.2. The summed E-state index contributed by atoms with van der Waals surface area (Å²) in [4.78, 5) is 26.9. The molecule has 0 radical (unpaired) electrons. The summed E-state index contributed by atoms with van der Waals surface area (Å²) in [5.74, 6) is 0.733. The number of carbonyl (C=O) groups is 1. The molecule has 116 valence electrons. The van der Waals surface area contributed by atoms with Crippen molar-refractivity contribution in [3.05, 3.63) is 46.2 Å². The van der Waals surface area contributed by atoms with Crippen LogP contribution in [0, 0.1) is 12.8 Å². The van der Waals surface area contributed by atoms with Gasteiger partial charge in [0.1, 0.15) is 6.54 Å². The lowest BCUT2D eigenvalue weighted by Gasteiger charge is -2.30. The van der Waals surface area contributed by atoms with Crippen molar-refractivity contribution in [3.8, 4) is 0 Å². The number of hydrogen-bond acceptors (Lipinski definition) is 2. The smallest absolute Gasteiger partial charge is 0.254 e. The molecule has 1 amide bonds. The molecule has 4 heteroatoms. The van der Waals surface area contributed by atoms with Crippen LogP contribution in [0.1, 0.15) is 25.3 Å². The molecule has 0 N–H and O–H groups in total. The zero-order valence-corrected chi connectivity index (χ0v) is 13.2. The van der Waals surface area contributed by atoms with E-state index < -0.39 is 0 Å². The van der Waals surface area contributed by atoms with Crippen LogP contribution in [-0.2, 0) is 11.3 Å². The average molecular weight is 298 g/mol. The second-order valence-electron chi connectivity index (χ2n) is 6.34. The number of fused-ring (bicyclic) bond motifs is 1. The molecule has 1 saturated heterocycles. The molecule has 1 aromatic carbocycles. The number of aryl methyl sites for hydroxylation is 1. The highest BCUT2D eigenvalue weighted by atomic mass is 16.2. The van der Waals surface area contributed by atoms with Gasteiger partial charge in [-0.15, -0.1) is 0 Å². The van der Waals surface area contributed by atoms with Crippen LogP contribution in [0.4, 0.5) is 0 Å². The quantitative estimate of drug-likeness (QED) is 0.855. The molecule has 4 nitrogen and oxygen atoms in total. The Kier molecular flexibility index (Phi) is 4.01. The van der Waals surface area contributed by atoms with E-state index in [2.05, 4.69) is 6.92 Å². The van der Waals surface area contributed by atoms with E-state index in [9.17, 15) is 9.59 Å². The van der Waals surface area contributed by atoms with Crippen LogP contribution in [0.5, 0.6) is 0 Å². The summed E-state index contributed by atoms with van der Waals surface area (Å²) in [5, 5.41) is 1.000. The third-order valence-electron chi connectivity index (χ3n) is 4.61. The lowest BCUT2D eigenvalue weighted by atomic mass is 9.99. The Labute approximate surface area is 130 Å². The summed E-state index contributed by atoms with van der Waals surface area (Å²) in [6, 6.07) is 9.62. The molecule has 0 atom stereocenters. The molecule has 1 aromatic heterocycles. The van der Waals surface area contributed by atoms with Crippen molar-refractivity contribution in [1.29, 1.82) is 0 Å². The maximum Gasteiger partial charge on any atom is 0.254 e. The topological polar surface area (TPSA) is 42.3 Å². The number of piperidine rings is 1. The fourth-order valence-electron chi connectivity index (χ4n) is 3.12. The van der Waals surface area contributed by atoms with Gasteiger partial charge in [0.05, 0.1) is 5.52 Å². The van der Waals surface area contributed by atoms with E-state index in [1.165, 1.54) is 0 Å². The van der Waals surface area contributed by atoms with Crippen LogP contribution < -0.4 is 5.56 Å². The summed E-state index contributed by atoms with van der Waals surface area (Å²) in [6.45, 7) is 5.77. The highest BCUT2D eigenvalue weighted by Crippen LogP contribution is 2.17. The van der Waals surface area contributed by atoms with Gasteiger partial charge in [-0.2, -0.15) is 0 Å². The molecule has 1 aliphatic heterocycles. The minimum atomic E-state index is -0.0718. The largest absolute Gasteiger partial charge is 0.341 e. The van der Waals surface area contributed by atoms with Gasteiger partial charge in [-0.3, -0.25) is 14.2 Å². The van der Waals surface area contributed by atoms with Crippen molar-refractivity contribution in [2.45, 2.75) is 33.2 Å². The fraction of sp³-hybridized carbons (Fsp3) is 0.444. The molecular weight excluding hydrogens is 276 g/mol. The standard InChI is InChI=1S/C18H22N2O2/c1-13-7-9-19(10-8-13)17(21)12-20-16-6-4-3-5-15(16)11-14(2)18(20)22/h3-6,11,13H,7-10,12H2,1-2H3. The Bertz CT molecular complexity index is 755. The number of hydrogen-bond donors (Lipinski definition) is 0. The van der Waals surface area contributed by atoms with E-state index in [0.717, 1.165) is 36.8 Å². The monoisotopic (exact) mass is 298 g/mol. The van der Waals surface area contributed by atoms with E-state index in [-0.39, 0.29) is 18.0 Å². The number of likely N-dealkylation sites (tertiary alicyclic amines) is 1. The van der Waals surface area contributed by atoms with Gasteiger partial charge in [-0.25, -0.2) is 0 Å². The number of para-hydroxylation sites is 1. The number of pyridine rings is 1. The van der Waals surface area contributed by atoms with Gasteiger partial charge in [-0.1, -0.05) is 25.1 Å². The van der Waals surface area contributed by atoms with Crippen LogP contribution in [0.3, 0.4) is 0 Å². The Hall–Kier alpha value is -2.10. The molecule has 0 spiro atoms. The number of aromatic nitrogens is 1. The Morgan fingerprint density at radius 1 is 1.23 bits per heavy atom. The molecule has 3 rings (SSSR count). The Morgan fingerprint density at radius 2 is 1.91 bits per heavy atom. The van der Waals surface area contributed by atoms with E-state index >= 15 is 0 Å². The third-order valence-corrected chi connectivity index (χ3v) is 4.61. The second kappa shape index (κ2) is 5.95. The SMILES string of the molecule is Cc1cc2ccccc2n(CC(=O)N2CCC(C)CC2)c1=O. The lowest BCUT2D eigenvalue weighted by Crippen LogP contribution is -2.41. The van der Waals surface area contributed by atoms with Gasteiger partial charge in [0.25, 0.3) is 5.56 Å². The molecule has 0 bridgehead atoms. The maximum atomic E-state index is 12.5. The Balaban J connectivity index is 1.92. The number of amides is 1. The highest BCUT2D eigenvalue weighted by Gasteiger charge is 2.21. The highest BCUT2D eigenvalue weighted by molar-refractivity contribution is 5.82. The predicted molar refractivity (Wildman–Crippen MR) is 87.9 cm³/mol. The first kappa shape index (κ1) is 14.8. The molecule has 1 aliphatic rings. The number of nitrogens with zero attached hydrogens (tertiary/aromatic N) is 2. The van der Waals surface area contributed by atoms with Crippen molar-refractivity contribution in [2.24, 2.45) is 5.92 Å². The predicted octanol–water partition coefficient (Wildman–Crippen LogP) is 2.57. The molecule has 22 heavy (non-hydrogen) atoms. The minimum absolute atomic E-state index is 0.0461. The van der Waals surface area contributed by atoms with Crippen molar-refractivity contribution < 1.29 is 4.79 Å². The van der Waals surface area contributed by atoms with Crippen LogP contribution in [0.25, 0.3) is 10.9 Å². The van der Waals surface area contributed by atoms with Gasteiger partial charge in [0.15, 0.2) is 0 Å². The summed E-state index contributed by atoms with van der Waals surface area (Å²) in [5.41, 5.74) is 1.44. The first-order valence-electron chi connectivity index (χ1n) is 7.93. The summed E-state index contributed by atoms with van der Waals surface area (Å²) < 4.78 is 1.62. The van der Waals surface area contributed by atoms with E-state index in [1.807, 2.05) is 35.2 Å². The van der Waals surface area contributed by atoms with Gasteiger partial charge >= 0.3 is 0 Å². The number of benzene rings is 1. The zero-order valence-electron chi connectivity index (χ0n) is 13.2. The van der Waals surface area contributed by atoms with Crippen LogP contribution in [0.2, 0.25) is 0 Å². The van der Waals surface area contributed by atoms with Crippen molar-refractivity contribution in [3.63, 3.8) is 0 Å². The minimum Gasteiger partial charge on any atom is -0.341 e. The summed E-state index contributed by atoms with van der Waals surface area (Å²) in [6.07, 6.45) is 2.10. The van der Waals surface area contributed by atoms with Crippen molar-refractivity contribution in [1.82, 2.24) is 9.47 Å². The van der Waals surface area contributed by atoms with E-state index in [0.29, 0.717) is 11.5 Å². The van der Waals surface area contributed by atoms with Gasteiger partial charge in [0.2, 0.25) is 5.91 Å². The van der Waals surface area contributed by atoms with E-state index in [4.69, 9.17) is 0 Å². The first-order chi connectivity index (χ1) is 10.6. The molecule has 2 aromatic rings.